The maximum Gasteiger partial charge on any atom is 0.294 e. The molecule has 0 unspecified atom stereocenters. The Morgan fingerprint density at radius 3 is 1.25 bits per heavy atom. The van der Waals surface area contributed by atoms with Gasteiger partial charge in [-0.2, -0.15) is 0 Å². The van der Waals surface area contributed by atoms with Crippen LogP contribution in [-0.4, -0.2) is 23.4 Å². The van der Waals surface area contributed by atoms with E-state index in [1.165, 1.54) is 0 Å². The predicted molar refractivity (Wildman–Crippen MR) is 37.2 cm³/mol. The van der Waals surface area contributed by atoms with Gasteiger partial charge in [0.25, 0.3) is 10.2 Å². The Hall–Kier alpha value is -1.60. The zero-order valence-electron chi connectivity index (χ0n) is 6.76. The largest absolute Gasteiger partial charge is 0.314 e. The van der Waals surface area contributed by atoms with Gasteiger partial charge in [-0.25, -0.2) is 0 Å². The third kappa shape index (κ3) is 23.8. The van der Waals surface area contributed by atoms with Gasteiger partial charge in [0.05, 0.1) is 13.2 Å². The summed E-state index contributed by atoms with van der Waals surface area (Å²) in [4.78, 5) is 25.9. The minimum Gasteiger partial charge on any atom is -0.314 e. The number of hydrogen-bond donors (Lipinski definition) is 0. The molecule has 0 heterocycles. The molecule has 0 saturated heterocycles. The summed E-state index contributed by atoms with van der Waals surface area (Å²) in [6.07, 6.45) is 0. The van der Waals surface area contributed by atoms with Crippen molar-refractivity contribution in [2.24, 2.45) is 0 Å². The Labute approximate surface area is 68.3 Å². The van der Waals surface area contributed by atoms with E-state index in [0.29, 0.717) is 0 Å². The van der Waals surface area contributed by atoms with Crippen molar-refractivity contribution in [1.82, 2.24) is 0 Å². The molecule has 0 fully saturated rings. The van der Waals surface area contributed by atoms with Crippen LogP contribution in [0, 0.1) is 20.2 Å². The van der Waals surface area contributed by atoms with E-state index < -0.39 is 10.2 Å². The molecule has 0 aromatic rings. The van der Waals surface area contributed by atoms with Gasteiger partial charge in [-0.1, -0.05) is 0 Å². The fraction of sp³-hybridized carbons (Fsp3) is 1.00. The van der Waals surface area contributed by atoms with Gasteiger partial charge in [-0.3, -0.25) is 0 Å². The molecule has 0 bridgehead atoms. The van der Waals surface area contributed by atoms with Gasteiger partial charge in [0.15, 0.2) is 0 Å². The van der Waals surface area contributed by atoms with E-state index in [1.807, 2.05) is 0 Å². The van der Waals surface area contributed by atoms with Crippen LogP contribution in [0.2, 0.25) is 0 Å². The first-order valence-electron chi connectivity index (χ1n) is 3.09. The van der Waals surface area contributed by atoms with Crippen molar-refractivity contribution in [3.63, 3.8) is 0 Å². The van der Waals surface area contributed by atoms with Gasteiger partial charge in [-0.15, -0.1) is 20.2 Å². The lowest BCUT2D eigenvalue weighted by molar-refractivity contribution is -0.756. The molecule has 0 atom stereocenters. The molecule has 0 rings (SSSR count). The van der Waals surface area contributed by atoms with E-state index in [0.717, 1.165) is 0 Å². The van der Waals surface area contributed by atoms with Crippen LogP contribution in [0.4, 0.5) is 0 Å². The van der Waals surface area contributed by atoms with Gasteiger partial charge in [0.2, 0.25) is 0 Å². The fourth-order valence-corrected chi connectivity index (χ4v) is 0.211. The molecule has 0 aliphatic heterocycles. The first-order valence-corrected chi connectivity index (χ1v) is 3.09. The van der Waals surface area contributed by atoms with E-state index in [-0.39, 0.29) is 13.2 Å². The SMILES string of the molecule is CCO[N+](=O)[O-].CCO[N+](=O)[O-]. The van der Waals surface area contributed by atoms with Crippen LogP contribution in [0.3, 0.4) is 0 Å². The van der Waals surface area contributed by atoms with Crippen LogP contribution in [0.1, 0.15) is 13.8 Å². The molecule has 8 heteroatoms. The first kappa shape index (κ1) is 13.0. The highest BCUT2D eigenvalue weighted by atomic mass is 17.0. The van der Waals surface area contributed by atoms with Gasteiger partial charge in [0.1, 0.15) is 0 Å². The average molecular weight is 182 g/mol. The van der Waals surface area contributed by atoms with Crippen molar-refractivity contribution in [1.29, 1.82) is 0 Å². The summed E-state index contributed by atoms with van der Waals surface area (Å²) in [7, 11) is 0. The summed E-state index contributed by atoms with van der Waals surface area (Å²) in [6.45, 7) is 3.38. The van der Waals surface area contributed by atoms with Crippen LogP contribution in [0.5, 0.6) is 0 Å². The Morgan fingerprint density at radius 2 is 1.25 bits per heavy atom. The summed E-state index contributed by atoms with van der Waals surface area (Å²) >= 11 is 0. The van der Waals surface area contributed by atoms with Gasteiger partial charge in [-0.05, 0) is 13.8 Å². The molecule has 8 nitrogen and oxygen atoms in total. The number of hydrogen-bond acceptors (Lipinski definition) is 6. The van der Waals surface area contributed by atoms with E-state index in [9.17, 15) is 20.2 Å². The average Bonchev–Trinajstić information content (AvgIpc) is 1.87. The van der Waals surface area contributed by atoms with Crippen molar-refractivity contribution in [3.05, 3.63) is 20.2 Å². The second-order valence-corrected chi connectivity index (χ2v) is 1.28. The Balaban J connectivity index is 0. The number of rotatable bonds is 4. The molecule has 0 aliphatic carbocycles. The lowest BCUT2D eigenvalue weighted by Gasteiger charge is -1.83. The third-order valence-corrected chi connectivity index (χ3v) is 0.469. The van der Waals surface area contributed by atoms with E-state index in [4.69, 9.17) is 0 Å². The van der Waals surface area contributed by atoms with Crippen molar-refractivity contribution < 1.29 is 19.8 Å². The summed E-state index contributed by atoms with van der Waals surface area (Å²) in [6, 6.07) is 0. The van der Waals surface area contributed by atoms with E-state index in [1.54, 1.807) is 13.8 Å². The molecule has 0 amide bonds. The highest BCUT2D eigenvalue weighted by molar-refractivity contribution is 3.96. The maximum absolute atomic E-state index is 9.18. The quantitative estimate of drug-likeness (QED) is 0.461. The van der Waals surface area contributed by atoms with Gasteiger partial charge in [0, 0.05) is 0 Å². The molecule has 72 valence electrons. The molecule has 0 aromatic heterocycles. The lowest BCUT2D eigenvalue weighted by Crippen LogP contribution is -1.97. The highest BCUT2D eigenvalue weighted by Gasteiger charge is 1.84. The standard InChI is InChI=1S/2C2H5NO3/c2*1-2-6-3(4)5/h2*2H2,1H3. The van der Waals surface area contributed by atoms with Gasteiger partial charge >= 0.3 is 0 Å². The van der Waals surface area contributed by atoms with E-state index in [2.05, 4.69) is 9.68 Å². The molecule has 0 aromatic carbocycles. The summed E-state index contributed by atoms with van der Waals surface area (Å²) in [5.74, 6) is 0. The van der Waals surface area contributed by atoms with Crippen molar-refractivity contribution in [3.8, 4) is 0 Å². The van der Waals surface area contributed by atoms with Crippen LogP contribution >= 0.6 is 0 Å². The molecule has 0 radical (unpaired) electrons. The predicted octanol–water partition coefficient (Wildman–Crippen LogP) is 0.429. The summed E-state index contributed by atoms with van der Waals surface area (Å²) < 4.78 is 0. The molecule has 0 spiro atoms. The second-order valence-electron chi connectivity index (χ2n) is 1.28. The Morgan fingerprint density at radius 1 is 1.00 bits per heavy atom. The van der Waals surface area contributed by atoms with Crippen molar-refractivity contribution in [2.75, 3.05) is 13.2 Å². The maximum atomic E-state index is 9.18. The number of nitrogens with zero attached hydrogens (tertiary/aromatic N) is 2. The third-order valence-electron chi connectivity index (χ3n) is 0.469. The van der Waals surface area contributed by atoms with Crippen LogP contribution in [-0.2, 0) is 9.68 Å². The van der Waals surface area contributed by atoms with Crippen molar-refractivity contribution >= 4 is 0 Å². The molecule has 0 aliphatic rings. The first-order chi connectivity index (χ1) is 5.54. The monoisotopic (exact) mass is 182 g/mol. The summed E-state index contributed by atoms with van der Waals surface area (Å²) in [5.41, 5.74) is 0. The lowest BCUT2D eigenvalue weighted by atomic mass is 10.9. The van der Waals surface area contributed by atoms with Crippen molar-refractivity contribution in [2.45, 2.75) is 13.8 Å². The molecular weight excluding hydrogens is 172 g/mol. The van der Waals surface area contributed by atoms with Gasteiger partial charge < -0.3 is 9.68 Å². The van der Waals surface area contributed by atoms with E-state index >= 15 is 0 Å². The Bertz CT molecular complexity index is 122. The van der Waals surface area contributed by atoms with Crippen LogP contribution in [0.25, 0.3) is 0 Å². The Kier molecular flexibility index (Phi) is 10.2. The molecule has 0 saturated carbocycles. The minimum absolute atomic E-state index is 0.132. The zero-order chi connectivity index (χ0) is 9.98. The smallest absolute Gasteiger partial charge is 0.294 e. The highest BCUT2D eigenvalue weighted by Crippen LogP contribution is 1.68. The normalized spacial score (nSPS) is 7.50. The topological polar surface area (TPSA) is 105 Å². The fourth-order valence-electron chi connectivity index (χ4n) is 0.211. The molecule has 0 N–H and O–H groups in total. The van der Waals surface area contributed by atoms with Crippen LogP contribution < -0.4 is 0 Å². The second kappa shape index (κ2) is 9.40. The molecule has 12 heavy (non-hydrogen) atoms. The summed E-state index contributed by atoms with van der Waals surface area (Å²) in [5, 5.41) is 16.7. The molecular formula is C4H10N2O6. The van der Waals surface area contributed by atoms with Crippen LogP contribution in [0.15, 0.2) is 0 Å². The minimum atomic E-state index is -0.819. The zero-order valence-corrected chi connectivity index (χ0v) is 6.76.